The summed E-state index contributed by atoms with van der Waals surface area (Å²) in [5, 5.41) is 3.92. The van der Waals surface area contributed by atoms with Crippen LogP contribution in [-0.4, -0.2) is 29.9 Å². The van der Waals surface area contributed by atoms with E-state index in [1.165, 1.54) is 0 Å². The highest BCUT2D eigenvalue weighted by Gasteiger charge is 2.13. The first-order valence-corrected chi connectivity index (χ1v) is 5.88. The van der Waals surface area contributed by atoms with Crippen LogP contribution >= 0.6 is 0 Å². The summed E-state index contributed by atoms with van der Waals surface area (Å²) >= 11 is 0. The Morgan fingerprint density at radius 3 is 3.00 bits per heavy atom. The second kappa shape index (κ2) is 7.35. The topological polar surface area (TPSA) is 74.2 Å². The van der Waals surface area contributed by atoms with Gasteiger partial charge in [0.05, 0.1) is 6.61 Å². The van der Waals surface area contributed by atoms with Crippen LogP contribution in [-0.2, 0) is 11.2 Å². The number of aromatic nitrogens is 2. The van der Waals surface area contributed by atoms with Crippen LogP contribution in [0.15, 0.2) is 4.52 Å². The normalized spacial score (nSPS) is 12.9. The lowest BCUT2D eigenvalue weighted by atomic mass is 10.1. The molecule has 1 aromatic heterocycles. The molecule has 92 valence electrons. The number of ether oxygens (including phenoxy) is 1. The van der Waals surface area contributed by atoms with Gasteiger partial charge in [-0.1, -0.05) is 12.1 Å². The number of hydrogen-bond acceptors (Lipinski definition) is 5. The highest BCUT2D eigenvalue weighted by Crippen LogP contribution is 2.18. The molecule has 0 aliphatic heterocycles. The summed E-state index contributed by atoms with van der Waals surface area (Å²) in [6, 6.07) is 0. The minimum absolute atomic E-state index is 0.289. The van der Waals surface area contributed by atoms with E-state index < -0.39 is 0 Å². The number of hydrogen-bond donors (Lipinski definition) is 1. The highest BCUT2D eigenvalue weighted by molar-refractivity contribution is 4.92. The molecule has 1 aromatic rings. The van der Waals surface area contributed by atoms with Gasteiger partial charge in [-0.3, -0.25) is 0 Å². The summed E-state index contributed by atoms with van der Waals surface area (Å²) in [6.45, 7) is 6.12. The maximum atomic E-state index is 5.46. The molecule has 0 fully saturated rings. The van der Waals surface area contributed by atoms with Gasteiger partial charge in [0.15, 0.2) is 5.82 Å². The Labute approximate surface area is 96.4 Å². The molecule has 1 heterocycles. The van der Waals surface area contributed by atoms with Gasteiger partial charge < -0.3 is 15.0 Å². The average Bonchev–Trinajstić information content (AvgIpc) is 2.75. The predicted molar refractivity (Wildman–Crippen MR) is 61.2 cm³/mol. The molecule has 0 saturated carbocycles. The Morgan fingerprint density at radius 1 is 1.50 bits per heavy atom. The van der Waals surface area contributed by atoms with Crippen molar-refractivity contribution in [1.82, 2.24) is 10.1 Å². The molecule has 1 atom stereocenters. The molecule has 0 saturated heterocycles. The van der Waals surface area contributed by atoms with E-state index in [1.54, 1.807) is 0 Å². The monoisotopic (exact) mass is 227 g/mol. The van der Waals surface area contributed by atoms with Crippen LogP contribution in [0.25, 0.3) is 0 Å². The molecule has 16 heavy (non-hydrogen) atoms. The fourth-order valence-corrected chi connectivity index (χ4v) is 1.42. The molecule has 1 unspecified atom stereocenters. The Hall–Kier alpha value is -0.940. The van der Waals surface area contributed by atoms with E-state index in [0.29, 0.717) is 25.5 Å². The van der Waals surface area contributed by atoms with Crippen LogP contribution in [0.2, 0.25) is 0 Å². The summed E-state index contributed by atoms with van der Waals surface area (Å²) < 4.78 is 10.4. The van der Waals surface area contributed by atoms with Gasteiger partial charge in [-0.2, -0.15) is 4.98 Å². The maximum absolute atomic E-state index is 5.46. The molecule has 0 aliphatic carbocycles. The van der Waals surface area contributed by atoms with Gasteiger partial charge in [0, 0.05) is 18.9 Å². The van der Waals surface area contributed by atoms with Crippen molar-refractivity contribution in [3.63, 3.8) is 0 Å². The quantitative estimate of drug-likeness (QED) is 0.681. The molecule has 0 spiro atoms. The zero-order valence-corrected chi connectivity index (χ0v) is 10.1. The molecular formula is C11H21N3O2. The Balaban J connectivity index is 2.37. The lowest BCUT2D eigenvalue weighted by Gasteiger charge is -2.03. The minimum Gasteiger partial charge on any atom is -0.381 e. The Morgan fingerprint density at radius 2 is 2.31 bits per heavy atom. The van der Waals surface area contributed by atoms with Crippen molar-refractivity contribution in [2.24, 2.45) is 5.73 Å². The van der Waals surface area contributed by atoms with Gasteiger partial charge in [0.2, 0.25) is 5.89 Å². The van der Waals surface area contributed by atoms with Gasteiger partial charge in [-0.25, -0.2) is 0 Å². The Bertz CT molecular complexity index is 289. The van der Waals surface area contributed by atoms with Gasteiger partial charge in [-0.15, -0.1) is 0 Å². The fraction of sp³-hybridized carbons (Fsp3) is 0.818. The van der Waals surface area contributed by atoms with Crippen LogP contribution < -0.4 is 5.73 Å². The Kier molecular flexibility index (Phi) is 6.03. The SMILES string of the molecule is CCOCCc1noc(C(C)CCCN)n1. The molecule has 0 aliphatic rings. The van der Waals surface area contributed by atoms with E-state index in [4.69, 9.17) is 15.0 Å². The number of rotatable bonds is 8. The predicted octanol–water partition coefficient (Wildman–Crippen LogP) is 1.49. The van der Waals surface area contributed by atoms with Crippen LogP contribution in [0.4, 0.5) is 0 Å². The first-order valence-electron chi connectivity index (χ1n) is 5.88. The van der Waals surface area contributed by atoms with E-state index in [2.05, 4.69) is 17.1 Å². The summed E-state index contributed by atoms with van der Waals surface area (Å²) in [4.78, 5) is 4.34. The molecule has 2 N–H and O–H groups in total. The fourth-order valence-electron chi connectivity index (χ4n) is 1.42. The highest BCUT2D eigenvalue weighted by atomic mass is 16.5. The maximum Gasteiger partial charge on any atom is 0.229 e. The second-order valence-electron chi connectivity index (χ2n) is 3.83. The summed E-state index contributed by atoms with van der Waals surface area (Å²) in [5.74, 6) is 1.72. The smallest absolute Gasteiger partial charge is 0.229 e. The number of nitrogens with two attached hydrogens (primary N) is 1. The van der Waals surface area contributed by atoms with Crippen LogP contribution in [0.5, 0.6) is 0 Å². The van der Waals surface area contributed by atoms with Crippen LogP contribution in [0.1, 0.15) is 44.3 Å². The molecule has 0 bridgehead atoms. The van der Waals surface area contributed by atoms with Gasteiger partial charge in [0.1, 0.15) is 0 Å². The molecular weight excluding hydrogens is 206 g/mol. The first kappa shape index (κ1) is 13.1. The molecule has 0 amide bonds. The van der Waals surface area contributed by atoms with E-state index in [0.717, 1.165) is 25.3 Å². The van der Waals surface area contributed by atoms with Crippen molar-refractivity contribution in [3.05, 3.63) is 11.7 Å². The summed E-state index contributed by atoms with van der Waals surface area (Å²) in [7, 11) is 0. The summed E-state index contributed by atoms with van der Waals surface area (Å²) in [5.41, 5.74) is 5.46. The second-order valence-corrected chi connectivity index (χ2v) is 3.83. The standard InChI is InChI=1S/C11H21N3O2/c1-3-15-8-6-10-13-11(16-14-10)9(2)5-4-7-12/h9H,3-8,12H2,1-2H3. The molecule has 5 heteroatoms. The summed E-state index contributed by atoms with van der Waals surface area (Å²) in [6.07, 6.45) is 2.68. The average molecular weight is 227 g/mol. The van der Waals surface area contributed by atoms with Crippen molar-refractivity contribution in [3.8, 4) is 0 Å². The van der Waals surface area contributed by atoms with Gasteiger partial charge in [0.25, 0.3) is 0 Å². The minimum atomic E-state index is 0.289. The van der Waals surface area contributed by atoms with Gasteiger partial charge >= 0.3 is 0 Å². The zero-order chi connectivity index (χ0) is 11.8. The third kappa shape index (κ3) is 4.28. The first-order chi connectivity index (χ1) is 7.77. The van der Waals surface area contributed by atoms with Crippen molar-refractivity contribution in [1.29, 1.82) is 0 Å². The van der Waals surface area contributed by atoms with Crippen LogP contribution in [0.3, 0.4) is 0 Å². The molecule has 0 aromatic carbocycles. The van der Waals surface area contributed by atoms with Crippen molar-refractivity contribution >= 4 is 0 Å². The molecule has 1 rings (SSSR count). The van der Waals surface area contributed by atoms with E-state index in [-0.39, 0.29) is 5.92 Å². The van der Waals surface area contributed by atoms with E-state index >= 15 is 0 Å². The van der Waals surface area contributed by atoms with Gasteiger partial charge in [-0.05, 0) is 26.3 Å². The molecule has 5 nitrogen and oxygen atoms in total. The van der Waals surface area contributed by atoms with Crippen molar-refractivity contribution in [2.45, 2.75) is 39.0 Å². The van der Waals surface area contributed by atoms with E-state index in [1.807, 2.05) is 6.92 Å². The molecule has 0 radical (unpaired) electrons. The third-order valence-electron chi connectivity index (χ3n) is 2.42. The number of nitrogens with zero attached hydrogens (tertiary/aromatic N) is 2. The lowest BCUT2D eigenvalue weighted by Crippen LogP contribution is -2.03. The largest absolute Gasteiger partial charge is 0.381 e. The third-order valence-corrected chi connectivity index (χ3v) is 2.42. The lowest BCUT2D eigenvalue weighted by molar-refractivity contribution is 0.149. The van der Waals surface area contributed by atoms with Crippen LogP contribution in [0, 0.1) is 0 Å². The van der Waals surface area contributed by atoms with Crippen molar-refractivity contribution in [2.75, 3.05) is 19.8 Å². The van der Waals surface area contributed by atoms with Crippen molar-refractivity contribution < 1.29 is 9.26 Å². The zero-order valence-electron chi connectivity index (χ0n) is 10.1. The van der Waals surface area contributed by atoms with E-state index in [9.17, 15) is 0 Å².